The van der Waals surface area contributed by atoms with E-state index >= 15 is 0 Å². The van der Waals surface area contributed by atoms with Crippen LogP contribution in [-0.4, -0.2) is 16.1 Å². The van der Waals surface area contributed by atoms with Crippen LogP contribution in [0.15, 0.2) is 59.0 Å². The number of amides is 1. The minimum absolute atomic E-state index is 0.0627. The Labute approximate surface area is 138 Å². The van der Waals surface area contributed by atoms with Gasteiger partial charge in [0.15, 0.2) is 0 Å². The Bertz CT molecular complexity index is 818. The smallest absolute Gasteiger partial charge is 0.309 e. The highest BCUT2D eigenvalue weighted by molar-refractivity contribution is 5.89. The number of halogens is 1. The van der Waals surface area contributed by atoms with Gasteiger partial charge in [-0.15, -0.1) is 10.2 Å². The molecule has 0 aliphatic heterocycles. The quantitative estimate of drug-likeness (QED) is 0.756. The monoisotopic (exact) mass is 325 g/mol. The Balaban J connectivity index is 1.55. The molecule has 6 heteroatoms. The van der Waals surface area contributed by atoms with Crippen LogP contribution >= 0.6 is 0 Å². The molecule has 0 bridgehead atoms. The third-order valence-corrected chi connectivity index (χ3v) is 3.53. The number of nitrogens with zero attached hydrogens (tertiary/aromatic N) is 2. The van der Waals surface area contributed by atoms with Gasteiger partial charge in [-0.2, -0.15) is 0 Å². The third-order valence-electron chi connectivity index (χ3n) is 3.53. The average Bonchev–Trinajstić information content (AvgIpc) is 3.09. The molecule has 0 unspecified atom stereocenters. The molecule has 122 valence electrons. The predicted molar refractivity (Wildman–Crippen MR) is 85.7 cm³/mol. The van der Waals surface area contributed by atoms with Crippen molar-refractivity contribution in [1.82, 2.24) is 15.5 Å². The van der Waals surface area contributed by atoms with Crippen LogP contribution in [-0.2, 0) is 19.4 Å². The maximum absolute atomic E-state index is 13.5. The van der Waals surface area contributed by atoms with Gasteiger partial charge in [0.05, 0.1) is 0 Å². The van der Waals surface area contributed by atoms with Crippen LogP contribution < -0.4 is 5.32 Å². The summed E-state index contributed by atoms with van der Waals surface area (Å²) in [5, 5.41) is 10.2. The summed E-state index contributed by atoms with van der Waals surface area (Å²) < 4.78 is 18.9. The van der Waals surface area contributed by atoms with Gasteiger partial charge in [0, 0.05) is 18.5 Å². The number of carbonyl (C=O) groups is 1. The van der Waals surface area contributed by atoms with Gasteiger partial charge in [-0.3, -0.25) is 4.79 Å². The van der Waals surface area contributed by atoms with Crippen LogP contribution in [0.4, 0.5) is 4.39 Å². The van der Waals surface area contributed by atoms with E-state index in [4.69, 9.17) is 4.42 Å². The van der Waals surface area contributed by atoms with Crippen molar-refractivity contribution in [2.45, 2.75) is 19.4 Å². The van der Waals surface area contributed by atoms with E-state index in [2.05, 4.69) is 15.5 Å². The van der Waals surface area contributed by atoms with E-state index in [-0.39, 0.29) is 18.3 Å². The summed E-state index contributed by atoms with van der Waals surface area (Å²) in [5.74, 6) is -0.604. The van der Waals surface area contributed by atoms with Gasteiger partial charge in [0.2, 0.25) is 5.89 Å². The largest absolute Gasteiger partial charge is 0.417 e. The molecule has 1 amide bonds. The third kappa shape index (κ3) is 4.04. The molecule has 1 heterocycles. The molecule has 3 aromatic rings. The summed E-state index contributed by atoms with van der Waals surface area (Å²) >= 11 is 0. The van der Waals surface area contributed by atoms with Gasteiger partial charge in [0.25, 0.3) is 0 Å². The van der Waals surface area contributed by atoms with Crippen molar-refractivity contribution in [3.05, 3.63) is 83.3 Å². The fourth-order valence-electron chi connectivity index (χ4n) is 2.24. The lowest BCUT2D eigenvalue weighted by Crippen LogP contribution is -2.23. The lowest BCUT2D eigenvalue weighted by atomic mass is 10.1. The van der Waals surface area contributed by atoms with Crippen molar-refractivity contribution < 1.29 is 13.6 Å². The normalized spacial score (nSPS) is 10.5. The second kappa shape index (κ2) is 7.50. The number of hydrogen-bond donors (Lipinski definition) is 1. The van der Waals surface area contributed by atoms with Crippen molar-refractivity contribution >= 4 is 5.91 Å². The van der Waals surface area contributed by atoms with E-state index in [1.807, 2.05) is 30.3 Å². The van der Waals surface area contributed by atoms with Crippen molar-refractivity contribution in [2.75, 3.05) is 0 Å². The predicted octanol–water partition coefficient (Wildman–Crippen LogP) is 2.92. The van der Waals surface area contributed by atoms with E-state index in [1.165, 1.54) is 6.07 Å². The summed E-state index contributed by atoms with van der Waals surface area (Å²) in [5.41, 5.74) is 1.55. The molecule has 0 fully saturated rings. The molecule has 0 radical (unpaired) electrons. The highest BCUT2D eigenvalue weighted by atomic mass is 19.1. The number of carbonyl (C=O) groups excluding carboxylic acids is 1. The number of aromatic nitrogens is 2. The highest BCUT2D eigenvalue weighted by Gasteiger charge is 2.15. The topological polar surface area (TPSA) is 68.0 Å². The minimum atomic E-state index is -0.517. The lowest BCUT2D eigenvalue weighted by Gasteiger charge is -2.03. The molecule has 2 aromatic carbocycles. The summed E-state index contributed by atoms with van der Waals surface area (Å²) in [7, 11) is 0. The lowest BCUT2D eigenvalue weighted by molar-refractivity contribution is 0.0914. The Kier molecular flexibility index (Phi) is 4.96. The molecule has 3 rings (SSSR count). The molecule has 5 nitrogen and oxygen atoms in total. The Morgan fingerprint density at radius 1 is 1.00 bits per heavy atom. The van der Waals surface area contributed by atoms with Crippen LogP contribution in [0.5, 0.6) is 0 Å². The van der Waals surface area contributed by atoms with E-state index in [0.717, 1.165) is 12.0 Å². The number of aryl methyl sites for hydroxylation is 2. The zero-order valence-corrected chi connectivity index (χ0v) is 12.9. The number of hydrogen-bond acceptors (Lipinski definition) is 4. The first-order valence-electron chi connectivity index (χ1n) is 7.60. The Hall–Kier alpha value is -3.02. The zero-order chi connectivity index (χ0) is 16.8. The molecular weight excluding hydrogens is 309 g/mol. The molecular formula is C18H16FN3O2. The average molecular weight is 325 g/mol. The van der Waals surface area contributed by atoms with Crippen molar-refractivity contribution in [2.24, 2.45) is 0 Å². The summed E-state index contributed by atoms with van der Waals surface area (Å²) in [6.07, 6.45) is 1.30. The number of rotatable bonds is 6. The van der Waals surface area contributed by atoms with Crippen LogP contribution in [0.1, 0.15) is 27.7 Å². The van der Waals surface area contributed by atoms with E-state index in [0.29, 0.717) is 17.9 Å². The second-order valence-electron chi connectivity index (χ2n) is 5.26. The Morgan fingerprint density at radius 2 is 1.75 bits per heavy atom. The van der Waals surface area contributed by atoms with Crippen molar-refractivity contribution in [1.29, 1.82) is 0 Å². The van der Waals surface area contributed by atoms with Gasteiger partial charge in [0.1, 0.15) is 5.82 Å². The van der Waals surface area contributed by atoms with Crippen LogP contribution in [0.3, 0.4) is 0 Å². The molecule has 1 aromatic heterocycles. The number of benzene rings is 2. The number of nitrogens with one attached hydrogen (secondary N) is 1. The van der Waals surface area contributed by atoms with Gasteiger partial charge in [-0.25, -0.2) is 4.39 Å². The van der Waals surface area contributed by atoms with E-state index in [1.54, 1.807) is 18.2 Å². The molecule has 0 atom stereocenters. The molecule has 1 N–H and O–H groups in total. The first-order valence-corrected chi connectivity index (χ1v) is 7.60. The maximum atomic E-state index is 13.5. The van der Waals surface area contributed by atoms with Crippen molar-refractivity contribution in [3.63, 3.8) is 0 Å². The zero-order valence-electron chi connectivity index (χ0n) is 12.9. The minimum Gasteiger partial charge on any atom is -0.417 e. The van der Waals surface area contributed by atoms with Gasteiger partial charge < -0.3 is 9.73 Å². The fraction of sp³-hybridized carbons (Fsp3) is 0.167. The fourth-order valence-corrected chi connectivity index (χ4v) is 2.24. The molecule has 24 heavy (non-hydrogen) atoms. The summed E-state index contributed by atoms with van der Waals surface area (Å²) in [6.45, 7) is 0.0627. The Morgan fingerprint density at radius 3 is 2.54 bits per heavy atom. The summed E-state index contributed by atoms with van der Waals surface area (Å²) in [4.78, 5) is 12.0. The summed E-state index contributed by atoms with van der Waals surface area (Å²) in [6, 6.07) is 16.2. The van der Waals surface area contributed by atoms with E-state index < -0.39 is 5.91 Å². The van der Waals surface area contributed by atoms with E-state index in [9.17, 15) is 9.18 Å². The van der Waals surface area contributed by atoms with Gasteiger partial charge >= 0.3 is 11.8 Å². The highest BCUT2D eigenvalue weighted by Crippen LogP contribution is 2.08. The van der Waals surface area contributed by atoms with Gasteiger partial charge in [-0.05, 0) is 18.1 Å². The van der Waals surface area contributed by atoms with Crippen LogP contribution in [0, 0.1) is 5.82 Å². The van der Waals surface area contributed by atoms with Crippen LogP contribution in [0.2, 0.25) is 0 Å². The second-order valence-corrected chi connectivity index (χ2v) is 5.26. The SMILES string of the molecule is O=C(NCc1ccccc1F)c1nnc(CCc2ccccc2)o1. The first-order chi connectivity index (χ1) is 11.7. The first kappa shape index (κ1) is 15.9. The van der Waals surface area contributed by atoms with Gasteiger partial charge in [-0.1, -0.05) is 48.5 Å². The van der Waals surface area contributed by atoms with Crippen molar-refractivity contribution in [3.8, 4) is 0 Å². The molecule has 0 saturated heterocycles. The maximum Gasteiger partial charge on any atom is 0.309 e. The molecule has 0 aliphatic carbocycles. The molecule has 0 spiro atoms. The molecule has 0 aliphatic rings. The van der Waals surface area contributed by atoms with Crippen LogP contribution in [0.25, 0.3) is 0 Å². The standard InChI is InChI=1S/C18H16FN3O2/c19-15-9-5-4-8-14(15)12-20-17(23)18-22-21-16(24-18)11-10-13-6-2-1-3-7-13/h1-9H,10-12H2,(H,20,23). The molecule has 0 saturated carbocycles.